The molecule has 0 fully saturated rings. The van der Waals surface area contributed by atoms with Crippen molar-refractivity contribution in [3.05, 3.63) is 77.4 Å². The zero-order chi connectivity index (χ0) is 24.2. The monoisotopic (exact) mass is 473 g/mol. The summed E-state index contributed by atoms with van der Waals surface area (Å²) in [6, 6.07) is 18.9. The third kappa shape index (κ3) is 5.40. The molecule has 1 aromatic heterocycles. The number of thiocarbonyl (C=S) groups is 1. The van der Waals surface area contributed by atoms with Gasteiger partial charge in [-0.25, -0.2) is 0 Å². The zero-order valence-corrected chi connectivity index (χ0v) is 20.4. The summed E-state index contributed by atoms with van der Waals surface area (Å²) < 4.78 is 5.61. The van der Waals surface area contributed by atoms with Crippen molar-refractivity contribution in [2.45, 2.75) is 40.2 Å². The summed E-state index contributed by atoms with van der Waals surface area (Å²) in [4.78, 5) is 14.2. The van der Waals surface area contributed by atoms with Gasteiger partial charge in [0.05, 0.1) is 11.8 Å². The summed E-state index contributed by atoms with van der Waals surface area (Å²) in [7, 11) is 0. The van der Waals surface area contributed by atoms with E-state index in [1.165, 1.54) is 5.56 Å². The fraction of sp³-hybridized carbons (Fsp3) is 0.231. The first-order chi connectivity index (χ1) is 16.3. The number of amides is 1. The lowest BCUT2D eigenvalue weighted by molar-refractivity contribution is 0.0977. The second-order valence-corrected chi connectivity index (χ2v) is 8.67. The summed E-state index contributed by atoms with van der Waals surface area (Å²) in [5.74, 6) is 0.416. The maximum Gasteiger partial charge on any atom is 0.257 e. The number of aryl methyl sites for hydroxylation is 2. The number of nitrogens with one attached hydrogen (secondary N) is 2. The Labute approximate surface area is 204 Å². The van der Waals surface area contributed by atoms with Crippen LogP contribution in [0.15, 0.2) is 60.7 Å². The van der Waals surface area contributed by atoms with Gasteiger partial charge < -0.3 is 10.1 Å². The molecule has 7 nitrogen and oxygen atoms in total. The second kappa shape index (κ2) is 10.0. The molecule has 0 unspecified atom stereocenters. The molecule has 0 atom stereocenters. The van der Waals surface area contributed by atoms with Gasteiger partial charge in [0.1, 0.15) is 16.8 Å². The molecule has 4 rings (SSSR count). The van der Waals surface area contributed by atoms with Crippen molar-refractivity contribution in [1.82, 2.24) is 20.3 Å². The topological polar surface area (TPSA) is 81.1 Å². The van der Waals surface area contributed by atoms with Crippen molar-refractivity contribution in [2.24, 2.45) is 0 Å². The quantitative estimate of drug-likeness (QED) is 0.375. The van der Waals surface area contributed by atoms with Gasteiger partial charge in [0, 0.05) is 11.3 Å². The van der Waals surface area contributed by atoms with Crippen LogP contribution in [0.5, 0.6) is 5.75 Å². The lowest BCUT2D eigenvalue weighted by atomic mass is 10.2. The van der Waals surface area contributed by atoms with E-state index in [1.54, 1.807) is 29.1 Å². The number of carbonyl (C=O) groups excluding carboxylic acids is 1. The van der Waals surface area contributed by atoms with Crippen LogP contribution in [0.1, 0.15) is 42.3 Å². The Balaban J connectivity index is 1.46. The van der Waals surface area contributed by atoms with Crippen LogP contribution in [0, 0.1) is 6.92 Å². The van der Waals surface area contributed by atoms with E-state index in [1.807, 2.05) is 45.0 Å². The van der Waals surface area contributed by atoms with E-state index in [0.29, 0.717) is 11.3 Å². The number of anilines is 1. The predicted octanol–water partition coefficient (Wildman–Crippen LogP) is 5.21. The number of hydrogen-bond donors (Lipinski definition) is 2. The van der Waals surface area contributed by atoms with Gasteiger partial charge in [0.2, 0.25) is 0 Å². The molecule has 0 spiro atoms. The number of nitrogens with zero attached hydrogens (tertiary/aromatic N) is 3. The van der Waals surface area contributed by atoms with Crippen molar-refractivity contribution in [2.75, 3.05) is 5.32 Å². The number of ether oxygens (including phenoxy) is 1. The van der Waals surface area contributed by atoms with Crippen LogP contribution in [0.25, 0.3) is 16.7 Å². The highest BCUT2D eigenvalue weighted by Gasteiger charge is 2.12. The maximum absolute atomic E-state index is 12.6. The summed E-state index contributed by atoms with van der Waals surface area (Å²) in [6.07, 6.45) is 1.05. The Morgan fingerprint density at radius 3 is 2.29 bits per heavy atom. The summed E-state index contributed by atoms with van der Waals surface area (Å²) in [5, 5.41) is 15.2. The number of hydrogen-bond acceptors (Lipinski definition) is 5. The molecule has 0 radical (unpaired) electrons. The van der Waals surface area contributed by atoms with Gasteiger partial charge in [-0.15, -0.1) is 10.2 Å². The van der Waals surface area contributed by atoms with Crippen LogP contribution in [-0.2, 0) is 6.42 Å². The molecule has 174 valence electrons. The molecule has 0 aliphatic heterocycles. The van der Waals surface area contributed by atoms with E-state index in [-0.39, 0.29) is 17.1 Å². The lowest BCUT2D eigenvalue weighted by Gasteiger charge is -2.12. The molecule has 0 saturated heterocycles. The van der Waals surface area contributed by atoms with Gasteiger partial charge in [-0.2, -0.15) is 4.80 Å². The highest BCUT2D eigenvalue weighted by Crippen LogP contribution is 2.22. The normalized spacial score (nSPS) is 11.0. The minimum absolute atomic E-state index is 0.0697. The number of benzene rings is 3. The Bertz CT molecular complexity index is 1330. The first kappa shape index (κ1) is 23.4. The van der Waals surface area contributed by atoms with E-state index in [0.717, 1.165) is 34.4 Å². The van der Waals surface area contributed by atoms with Crippen molar-refractivity contribution in [1.29, 1.82) is 0 Å². The van der Waals surface area contributed by atoms with Crippen molar-refractivity contribution in [3.8, 4) is 11.4 Å². The highest BCUT2D eigenvalue weighted by molar-refractivity contribution is 7.80. The first-order valence-corrected chi connectivity index (χ1v) is 11.6. The SMILES string of the molecule is CCc1ccc(-n2nc3cc(C)c(NC(=S)NC(=O)c4ccc(OC(C)C)cc4)cc3n2)cc1. The summed E-state index contributed by atoms with van der Waals surface area (Å²) in [5.41, 5.74) is 5.85. The van der Waals surface area contributed by atoms with E-state index < -0.39 is 0 Å². The summed E-state index contributed by atoms with van der Waals surface area (Å²) in [6.45, 7) is 7.98. The standard InChI is InChI=1S/C26H27N5O2S/c1-5-18-6-10-20(11-7-18)31-29-23-14-17(4)22(15-24(23)30-31)27-26(34)28-25(32)19-8-12-21(13-9-19)33-16(2)3/h6-16H,5H2,1-4H3,(H2,27,28,32,34). The predicted molar refractivity (Wildman–Crippen MR) is 139 cm³/mol. The smallest absolute Gasteiger partial charge is 0.257 e. The second-order valence-electron chi connectivity index (χ2n) is 8.26. The Morgan fingerprint density at radius 2 is 1.68 bits per heavy atom. The Morgan fingerprint density at radius 1 is 1.03 bits per heavy atom. The molecule has 3 aromatic carbocycles. The fourth-order valence-electron chi connectivity index (χ4n) is 3.47. The average molecular weight is 474 g/mol. The lowest BCUT2D eigenvalue weighted by Crippen LogP contribution is -2.34. The molecule has 0 saturated carbocycles. The molecule has 0 aliphatic carbocycles. The van der Waals surface area contributed by atoms with E-state index >= 15 is 0 Å². The number of fused-ring (bicyclic) bond motifs is 1. The van der Waals surface area contributed by atoms with Crippen LogP contribution in [0.2, 0.25) is 0 Å². The Kier molecular flexibility index (Phi) is 6.88. The minimum atomic E-state index is -0.297. The Hall–Kier alpha value is -3.78. The van der Waals surface area contributed by atoms with Crippen LogP contribution < -0.4 is 15.4 Å². The van der Waals surface area contributed by atoms with Crippen LogP contribution in [0.3, 0.4) is 0 Å². The molecule has 1 heterocycles. The first-order valence-electron chi connectivity index (χ1n) is 11.2. The van der Waals surface area contributed by atoms with Crippen molar-refractivity contribution >= 4 is 40.0 Å². The molecule has 8 heteroatoms. The van der Waals surface area contributed by atoms with Crippen LogP contribution >= 0.6 is 12.2 Å². The van der Waals surface area contributed by atoms with E-state index in [2.05, 4.69) is 39.9 Å². The fourth-order valence-corrected chi connectivity index (χ4v) is 3.67. The van der Waals surface area contributed by atoms with Gasteiger partial charge in [-0.3, -0.25) is 10.1 Å². The molecular formula is C26H27N5O2S. The van der Waals surface area contributed by atoms with Gasteiger partial charge in [-0.05, 0) is 99.1 Å². The molecule has 1 amide bonds. The average Bonchev–Trinajstić information content (AvgIpc) is 3.22. The maximum atomic E-state index is 12.6. The van der Waals surface area contributed by atoms with Gasteiger partial charge >= 0.3 is 0 Å². The van der Waals surface area contributed by atoms with Gasteiger partial charge in [-0.1, -0.05) is 19.1 Å². The number of aromatic nitrogens is 3. The van der Waals surface area contributed by atoms with Crippen molar-refractivity contribution < 1.29 is 9.53 Å². The molecular weight excluding hydrogens is 446 g/mol. The molecule has 34 heavy (non-hydrogen) atoms. The number of carbonyl (C=O) groups is 1. The molecule has 2 N–H and O–H groups in total. The van der Waals surface area contributed by atoms with Crippen LogP contribution in [-0.4, -0.2) is 32.1 Å². The summed E-state index contributed by atoms with van der Waals surface area (Å²) >= 11 is 5.37. The van der Waals surface area contributed by atoms with Gasteiger partial charge in [0.15, 0.2) is 5.11 Å². The minimum Gasteiger partial charge on any atom is -0.491 e. The molecule has 0 bridgehead atoms. The molecule has 4 aromatic rings. The van der Waals surface area contributed by atoms with Crippen LogP contribution in [0.4, 0.5) is 5.69 Å². The van der Waals surface area contributed by atoms with E-state index in [4.69, 9.17) is 17.0 Å². The van der Waals surface area contributed by atoms with Gasteiger partial charge in [0.25, 0.3) is 5.91 Å². The van der Waals surface area contributed by atoms with Crippen molar-refractivity contribution in [3.63, 3.8) is 0 Å². The largest absolute Gasteiger partial charge is 0.491 e. The zero-order valence-electron chi connectivity index (χ0n) is 19.6. The molecule has 0 aliphatic rings. The number of rotatable bonds is 6. The third-order valence-corrected chi connectivity index (χ3v) is 5.47. The third-order valence-electron chi connectivity index (χ3n) is 5.27. The highest BCUT2D eigenvalue weighted by atomic mass is 32.1. The van der Waals surface area contributed by atoms with E-state index in [9.17, 15) is 4.79 Å².